The summed E-state index contributed by atoms with van der Waals surface area (Å²) in [5.41, 5.74) is -0.883. The number of benzene rings is 2. The topological polar surface area (TPSA) is 78.5 Å². The first-order chi connectivity index (χ1) is 14.4. The lowest BCUT2D eigenvalue weighted by Gasteiger charge is -2.24. The molecule has 0 aromatic heterocycles. The fraction of sp³-hybridized carbons (Fsp3) is 0.381. The first-order valence-electron chi connectivity index (χ1n) is 9.76. The molecular formula is C21H26F3N3O3S. The van der Waals surface area contributed by atoms with Gasteiger partial charge in [-0.2, -0.15) is 13.2 Å². The molecular weight excluding hydrogens is 431 g/mol. The number of anilines is 1. The number of nitrogens with one attached hydrogen (secondary N) is 2. The van der Waals surface area contributed by atoms with Gasteiger partial charge in [-0.25, -0.2) is 8.42 Å². The number of sulfonamides is 1. The summed E-state index contributed by atoms with van der Waals surface area (Å²) >= 11 is 0. The number of nitrogens with zero attached hydrogens (tertiary/aromatic N) is 1. The van der Waals surface area contributed by atoms with Gasteiger partial charge in [0.05, 0.1) is 10.5 Å². The Bertz CT molecular complexity index is 991. The maximum Gasteiger partial charge on any atom is 0.416 e. The van der Waals surface area contributed by atoms with Gasteiger partial charge in [0.1, 0.15) is 0 Å². The van der Waals surface area contributed by atoms with Gasteiger partial charge in [-0.05, 0) is 62.9 Å². The molecule has 10 heteroatoms. The van der Waals surface area contributed by atoms with Crippen LogP contribution >= 0.6 is 0 Å². The summed E-state index contributed by atoms with van der Waals surface area (Å²) < 4.78 is 65.6. The van der Waals surface area contributed by atoms with Crippen LogP contribution in [0.25, 0.3) is 0 Å². The number of hydrogen-bond acceptors (Lipinski definition) is 4. The van der Waals surface area contributed by atoms with E-state index in [1.807, 2.05) is 6.92 Å². The second-order valence-corrected chi connectivity index (χ2v) is 8.87. The quantitative estimate of drug-likeness (QED) is 0.597. The van der Waals surface area contributed by atoms with Gasteiger partial charge in [0.25, 0.3) is 15.9 Å². The highest BCUT2D eigenvalue weighted by atomic mass is 32.2. The van der Waals surface area contributed by atoms with Crippen LogP contribution in [0.2, 0.25) is 0 Å². The molecule has 0 saturated carbocycles. The molecule has 2 aromatic rings. The van der Waals surface area contributed by atoms with Crippen molar-refractivity contribution in [2.24, 2.45) is 0 Å². The summed E-state index contributed by atoms with van der Waals surface area (Å²) in [6.45, 7) is 8.17. The van der Waals surface area contributed by atoms with E-state index in [-0.39, 0.29) is 22.1 Å². The minimum absolute atomic E-state index is 0.168. The van der Waals surface area contributed by atoms with Crippen molar-refractivity contribution in [3.8, 4) is 0 Å². The number of amides is 1. The molecule has 0 fully saturated rings. The summed E-state index contributed by atoms with van der Waals surface area (Å²) in [6.07, 6.45) is -4.58. The third kappa shape index (κ3) is 6.96. The molecule has 0 radical (unpaired) electrons. The molecule has 6 nitrogen and oxygen atoms in total. The Morgan fingerprint density at radius 3 is 2.29 bits per heavy atom. The van der Waals surface area contributed by atoms with E-state index in [0.717, 1.165) is 24.7 Å². The molecule has 2 N–H and O–H groups in total. The largest absolute Gasteiger partial charge is 0.416 e. The average Bonchev–Trinajstić information content (AvgIpc) is 2.70. The first kappa shape index (κ1) is 24.7. The standard InChI is InChI=1S/C21H26F3N3O3S/c1-4-27(15(2)3)13-12-25-20(28)16-8-10-19(11-9-16)31(29,30)26-18-7-5-6-17(14-18)21(22,23)24/h5-11,14-15,26H,4,12-13H2,1-3H3,(H,25,28). The van der Waals surface area contributed by atoms with Crippen molar-refractivity contribution in [3.05, 3.63) is 59.7 Å². The molecule has 0 bridgehead atoms. The Morgan fingerprint density at radius 1 is 1.10 bits per heavy atom. The van der Waals surface area contributed by atoms with Gasteiger partial charge in [0.15, 0.2) is 0 Å². The van der Waals surface area contributed by atoms with Crippen LogP contribution in [0.5, 0.6) is 0 Å². The minimum atomic E-state index is -4.58. The second-order valence-electron chi connectivity index (χ2n) is 7.19. The van der Waals surface area contributed by atoms with E-state index in [1.54, 1.807) is 0 Å². The molecule has 0 aliphatic rings. The summed E-state index contributed by atoms with van der Waals surface area (Å²) in [7, 11) is -4.11. The predicted octanol–water partition coefficient (Wildman–Crippen LogP) is 3.97. The highest BCUT2D eigenvalue weighted by Crippen LogP contribution is 2.31. The summed E-state index contributed by atoms with van der Waals surface area (Å²) in [4.78, 5) is 14.3. The number of carbonyl (C=O) groups excluding carboxylic acids is 1. The van der Waals surface area contributed by atoms with Crippen LogP contribution in [-0.2, 0) is 16.2 Å². The van der Waals surface area contributed by atoms with Gasteiger partial charge in [-0.3, -0.25) is 14.4 Å². The minimum Gasteiger partial charge on any atom is -0.351 e. The first-order valence-corrected chi connectivity index (χ1v) is 11.2. The van der Waals surface area contributed by atoms with Crippen molar-refractivity contribution >= 4 is 21.6 Å². The van der Waals surface area contributed by atoms with E-state index in [1.165, 1.54) is 30.3 Å². The lowest BCUT2D eigenvalue weighted by atomic mass is 10.2. The van der Waals surface area contributed by atoms with Crippen molar-refractivity contribution in [1.82, 2.24) is 10.2 Å². The maximum atomic E-state index is 12.8. The number of carbonyl (C=O) groups is 1. The third-order valence-corrected chi connectivity index (χ3v) is 6.09. The van der Waals surface area contributed by atoms with Gasteiger partial charge >= 0.3 is 6.18 Å². The van der Waals surface area contributed by atoms with Crippen LogP contribution in [0, 0.1) is 0 Å². The van der Waals surface area contributed by atoms with E-state index >= 15 is 0 Å². The van der Waals surface area contributed by atoms with Gasteiger partial charge in [-0.15, -0.1) is 0 Å². The predicted molar refractivity (Wildman–Crippen MR) is 113 cm³/mol. The average molecular weight is 458 g/mol. The maximum absolute atomic E-state index is 12.8. The molecule has 0 unspecified atom stereocenters. The number of alkyl halides is 3. The Hall–Kier alpha value is -2.59. The van der Waals surface area contributed by atoms with Gasteiger partial charge < -0.3 is 5.32 Å². The molecule has 0 aliphatic heterocycles. The summed E-state index contributed by atoms with van der Waals surface area (Å²) in [5.74, 6) is -0.338. The number of likely N-dealkylation sites (N-methyl/N-ethyl adjacent to an activating group) is 1. The molecule has 170 valence electrons. The van der Waals surface area contributed by atoms with Gasteiger partial charge in [0.2, 0.25) is 0 Å². The van der Waals surface area contributed by atoms with Crippen LogP contribution in [0.3, 0.4) is 0 Å². The Balaban J connectivity index is 2.04. The number of hydrogen-bond donors (Lipinski definition) is 2. The molecule has 0 spiro atoms. The highest BCUT2D eigenvalue weighted by Gasteiger charge is 2.30. The van der Waals surface area contributed by atoms with E-state index < -0.39 is 21.8 Å². The zero-order valence-corrected chi connectivity index (χ0v) is 18.3. The molecule has 0 atom stereocenters. The monoisotopic (exact) mass is 457 g/mol. The van der Waals surface area contributed by atoms with Crippen LogP contribution in [0.1, 0.15) is 36.7 Å². The molecule has 31 heavy (non-hydrogen) atoms. The SMILES string of the molecule is CCN(CCNC(=O)c1ccc(S(=O)(=O)Nc2cccc(C(F)(F)F)c2)cc1)C(C)C. The van der Waals surface area contributed by atoms with E-state index in [2.05, 4.69) is 28.8 Å². The lowest BCUT2D eigenvalue weighted by Crippen LogP contribution is -2.38. The molecule has 2 rings (SSSR count). The van der Waals surface area contributed by atoms with Crippen LogP contribution in [-0.4, -0.2) is 44.9 Å². The highest BCUT2D eigenvalue weighted by molar-refractivity contribution is 7.92. The lowest BCUT2D eigenvalue weighted by molar-refractivity contribution is -0.137. The second kappa shape index (κ2) is 10.1. The fourth-order valence-corrected chi connectivity index (χ4v) is 4.00. The van der Waals surface area contributed by atoms with E-state index in [0.29, 0.717) is 19.1 Å². The molecule has 0 saturated heterocycles. The Kier molecular flexibility index (Phi) is 8.08. The Labute approximate surface area is 180 Å². The normalized spacial score (nSPS) is 12.3. The molecule has 1 amide bonds. The molecule has 0 heterocycles. The fourth-order valence-electron chi connectivity index (χ4n) is 2.96. The van der Waals surface area contributed by atoms with Crippen LogP contribution in [0.4, 0.5) is 18.9 Å². The summed E-state index contributed by atoms with van der Waals surface area (Å²) in [5, 5.41) is 2.78. The van der Waals surface area contributed by atoms with Crippen molar-refractivity contribution < 1.29 is 26.4 Å². The third-order valence-electron chi connectivity index (χ3n) is 4.69. The van der Waals surface area contributed by atoms with Gasteiger partial charge in [-0.1, -0.05) is 13.0 Å². The number of rotatable bonds is 9. The van der Waals surface area contributed by atoms with Gasteiger partial charge in [0, 0.05) is 30.4 Å². The summed E-state index contributed by atoms with van der Waals surface area (Å²) in [6, 6.07) is 9.46. The zero-order chi connectivity index (χ0) is 23.2. The molecule has 2 aromatic carbocycles. The smallest absolute Gasteiger partial charge is 0.351 e. The Morgan fingerprint density at radius 2 is 1.74 bits per heavy atom. The molecule has 0 aliphatic carbocycles. The van der Waals surface area contributed by atoms with Crippen molar-refractivity contribution in [2.45, 2.75) is 37.9 Å². The van der Waals surface area contributed by atoms with Crippen molar-refractivity contribution in [2.75, 3.05) is 24.4 Å². The van der Waals surface area contributed by atoms with Crippen LogP contribution < -0.4 is 10.0 Å². The van der Waals surface area contributed by atoms with Crippen molar-refractivity contribution in [3.63, 3.8) is 0 Å². The zero-order valence-electron chi connectivity index (χ0n) is 17.5. The van der Waals surface area contributed by atoms with Crippen LogP contribution in [0.15, 0.2) is 53.4 Å². The van der Waals surface area contributed by atoms with E-state index in [9.17, 15) is 26.4 Å². The van der Waals surface area contributed by atoms with Crippen molar-refractivity contribution in [1.29, 1.82) is 0 Å². The van der Waals surface area contributed by atoms with E-state index in [4.69, 9.17) is 0 Å². The number of halogens is 3.